The summed E-state index contributed by atoms with van der Waals surface area (Å²) in [4.78, 5) is 7.53. The molecule has 0 amide bonds. The normalized spacial score (nSPS) is 22.6. The van der Waals surface area contributed by atoms with Crippen LogP contribution in [0, 0.1) is 0 Å². The predicted molar refractivity (Wildman–Crippen MR) is 64.2 cm³/mol. The Hall–Kier alpha value is -0.720. The van der Waals surface area contributed by atoms with Crippen molar-refractivity contribution in [2.75, 3.05) is 6.54 Å². The molecule has 1 saturated heterocycles. The Kier molecular flexibility index (Phi) is 3.65. The number of rotatable bonds is 2. The number of aromatic nitrogens is 2. The summed E-state index contributed by atoms with van der Waals surface area (Å²) in [7, 11) is -3.48. The minimum atomic E-state index is -3.48. The summed E-state index contributed by atoms with van der Waals surface area (Å²) in [5, 5.41) is 0.0515. The van der Waals surface area contributed by atoms with Gasteiger partial charge >= 0.3 is 0 Å². The zero-order chi connectivity index (χ0) is 12.5. The van der Waals surface area contributed by atoms with E-state index in [1.165, 1.54) is 16.7 Å². The average molecular weight is 276 g/mol. The highest BCUT2D eigenvalue weighted by molar-refractivity contribution is 7.89. The van der Waals surface area contributed by atoms with Gasteiger partial charge in [-0.3, -0.25) is 0 Å². The van der Waals surface area contributed by atoms with Crippen LogP contribution in [0.3, 0.4) is 0 Å². The number of hydrogen-bond donors (Lipinski definition) is 0. The van der Waals surface area contributed by atoms with Gasteiger partial charge in [-0.25, -0.2) is 18.4 Å². The van der Waals surface area contributed by atoms with Gasteiger partial charge in [0, 0.05) is 12.6 Å². The largest absolute Gasteiger partial charge is 0.246 e. The van der Waals surface area contributed by atoms with Crippen molar-refractivity contribution < 1.29 is 8.42 Å². The fourth-order valence-electron chi connectivity index (χ4n) is 2.00. The number of sulfonamides is 1. The molecule has 2 rings (SSSR count). The van der Waals surface area contributed by atoms with Crippen LogP contribution in [0.2, 0.25) is 5.28 Å². The predicted octanol–water partition coefficient (Wildman–Crippen LogP) is 1.69. The minimum Gasteiger partial charge on any atom is -0.225 e. The molecule has 1 atom stereocenters. The van der Waals surface area contributed by atoms with Crippen molar-refractivity contribution in [3.63, 3.8) is 0 Å². The molecule has 2 heterocycles. The van der Waals surface area contributed by atoms with Gasteiger partial charge in [0.15, 0.2) is 0 Å². The lowest BCUT2D eigenvalue weighted by molar-refractivity contribution is 0.268. The van der Waals surface area contributed by atoms with E-state index in [0.29, 0.717) is 6.54 Å². The van der Waals surface area contributed by atoms with Crippen molar-refractivity contribution in [3.8, 4) is 0 Å². The van der Waals surface area contributed by atoms with E-state index in [1.807, 2.05) is 6.92 Å². The molecule has 0 bridgehead atoms. The molecule has 1 aromatic heterocycles. The summed E-state index contributed by atoms with van der Waals surface area (Å²) in [5.74, 6) is 0. The van der Waals surface area contributed by atoms with Crippen LogP contribution in [0.1, 0.15) is 26.2 Å². The van der Waals surface area contributed by atoms with E-state index in [-0.39, 0.29) is 16.2 Å². The summed E-state index contributed by atoms with van der Waals surface area (Å²) in [6, 6.07) is 0.0319. The Bertz CT molecular complexity index is 489. The van der Waals surface area contributed by atoms with Crippen LogP contribution in [-0.4, -0.2) is 35.3 Å². The molecule has 7 heteroatoms. The Balaban J connectivity index is 2.32. The van der Waals surface area contributed by atoms with Crippen molar-refractivity contribution >= 4 is 21.6 Å². The number of halogens is 1. The first-order chi connectivity index (χ1) is 8.01. The van der Waals surface area contributed by atoms with Crippen LogP contribution in [0.5, 0.6) is 0 Å². The third kappa shape index (κ3) is 2.59. The van der Waals surface area contributed by atoms with Crippen LogP contribution in [0.15, 0.2) is 17.3 Å². The van der Waals surface area contributed by atoms with E-state index in [1.54, 1.807) is 0 Å². The van der Waals surface area contributed by atoms with E-state index in [4.69, 9.17) is 11.6 Å². The minimum absolute atomic E-state index is 0.0319. The molecule has 0 spiro atoms. The fourth-order valence-corrected chi connectivity index (χ4v) is 3.69. The number of piperidine rings is 1. The van der Waals surface area contributed by atoms with Gasteiger partial charge in [0.05, 0.1) is 12.4 Å². The summed E-state index contributed by atoms with van der Waals surface area (Å²) in [6.45, 7) is 2.49. The number of nitrogens with zero attached hydrogens (tertiary/aromatic N) is 3. The lowest BCUT2D eigenvalue weighted by atomic mass is 10.1. The first-order valence-corrected chi connectivity index (χ1v) is 7.33. The highest BCUT2D eigenvalue weighted by atomic mass is 35.5. The molecule has 0 N–H and O–H groups in total. The zero-order valence-corrected chi connectivity index (χ0v) is 11.1. The van der Waals surface area contributed by atoms with Gasteiger partial charge < -0.3 is 0 Å². The first kappa shape index (κ1) is 12.7. The van der Waals surface area contributed by atoms with Gasteiger partial charge in [0.1, 0.15) is 4.90 Å². The molecule has 17 heavy (non-hydrogen) atoms. The second kappa shape index (κ2) is 4.88. The highest BCUT2D eigenvalue weighted by Gasteiger charge is 2.31. The van der Waals surface area contributed by atoms with Crippen LogP contribution in [0.25, 0.3) is 0 Å². The molecule has 1 fully saturated rings. The van der Waals surface area contributed by atoms with Gasteiger partial charge in [-0.15, -0.1) is 0 Å². The standard InChI is InChI=1S/C10H14ClN3O2S/c1-8-4-2-3-5-14(8)17(15,16)9-6-12-10(11)13-7-9/h6-8H,2-5H2,1H3. The van der Waals surface area contributed by atoms with Crippen molar-refractivity contribution in [3.05, 3.63) is 17.7 Å². The van der Waals surface area contributed by atoms with Gasteiger partial charge in [-0.05, 0) is 31.4 Å². The summed E-state index contributed by atoms with van der Waals surface area (Å²) >= 11 is 5.55. The monoisotopic (exact) mass is 275 g/mol. The maximum absolute atomic E-state index is 12.3. The molecule has 5 nitrogen and oxygen atoms in total. The van der Waals surface area contributed by atoms with E-state index < -0.39 is 10.0 Å². The molecule has 0 aromatic carbocycles. The van der Waals surface area contributed by atoms with Gasteiger partial charge in [0.25, 0.3) is 0 Å². The Labute approximate surface area is 106 Å². The molecule has 0 aliphatic carbocycles. The summed E-state index contributed by atoms with van der Waals surface area (Å²) in [6.07, 6.45) is 5.38. The van der Waals surface area contributed by atoms with Crippen LogP contribution in [0.4, 0.5) is 0 Å². The van der Waals surface area contributed by atoms with Crippen molar-refractivity contribution in [1.82, 2.24) is 14.3 Å². The molecule has 1 aromatic rings. The van der Waals surface area contributed by atoms with E-state index in [2.05, 4.69) is 9.97 Å². The summed E-state index contributed by atoms with van der Waals surface area (Å²) in [5.41, 5.74) is 0. The fraction of sp³-hybridized carbons (Fsp3) is 0.600. The zero-order valence-electron chi connectivity index (χ0n) is 9.50. The molecule has 0 saturated carbocycles. The first-order valence-electron chi connectivity index (χ1n) is 5.51. The van der Waals surface area contributed by atoms with Crippen molar-refractivity contribution in [1.29, 1.82) is 0 Å². The highest BCUT2D eigenvalue weighted by Crippen LogP contribution is 2.24. The second-order valence-electron chi connectivity index (χ2n) is 4.15. The van der Waals surface area contributed by atoms with E-state index in [9.17, 15) is 8.42 Å². The molecule has 0 radical (unpaired) electrons. The third-order valence-corrected chi connectivity index (χ3v) is 5.11. The molecule has 1 aliphatic heterocycles. The van der Waals surface area contributed by atoms with Crippen molar-refractivity contribution in [2.45, 2.75) is 37.1 Å². The molecular weight excluding hydrogens is 262 g/mol. The van der Waals surface area contributed by atoms with Gasteiger partial charge in [-0.2, -0.15) is 4.31 Å². The quantitative estimate of drug-likeness (QED) is 0.771. The van der Waals surface area contributed by atoms with Crippen LogP contribution >= 0.6 is 11.6 Å². The number of hydrogen-bond acceptors (Lipinski definition) is 4. The average Bonchev–Trinajstić information content (AvgIpc) is 2.30. The van der Waals surface area contributed by atoms with Crippen molar-refractivity contribution in [2.24, 2.45) is 0 Å². The summed E-state index contributed by atoms with van der Waals surface area (Å²) < 4.78 is 26.1. The van der Waals surface area contributed by atoms with E-state index in [0.717, 1.165) is 19.3 Å². The third-order valence-electron chi connectivity index (χ3n) is 2.95. The maximum atomic E-state index is 12.3. The Morgan fingerprint density at radius 3 is 2.59 bits per heavy atom. The molecule has 1 aliphatic rings. The maximum Gasteiger partial charge on any atom is 0.246 e. The SMILES string of the molecule is CC1CCCCN1S(=O)(=O)c1cnc(Cl)nc1. The second-order valence-corrected chi connectivity index (χ2v) is 6.38. The topological polar surface area (TPSA) is 63.2 Å². The lowest BCUT2D eigenvalue weighted by Crippen LogP contribution is -2.41. The van der Waals surface area contributed by atoms with Gasteiger partial charge in [0.2, 0.25) is 15.3 Å². The molecule has 94 valence electrons. The smallest absolute Gasteiger partial charge is 0.225 e. The lowest BCUT2D eigenvalue weighted by Gasteiger charge is -2.31. The Morgan fingerprint density at radius 1 is 1.35 bits per heavy atom. The van der Waals surface area contributed by atoms with Gasteiger partial charge in [-0.1, -0.05) is 6.42 Å². The molecule has 1 unspecified atom stereocenters. The van der Waals surface area contributed by atoms with Crippen LogP contribution < -0.4 is 0 Å². The molecular formula is C10H14ClN3O2S. The Morgan fingerprint density at radius 2 is 2.00 bits per heavy atom. The van der Waals surface area contributed by atoms with E-state index >= 15 is 0 Å². The van der Waals surface area contributed by atoms with Crippen LogP contribution in [-0.2, 0) is 10.0 Å².